The number of aromatic nitrogens is 3. The van der Waals surface area contributed by atoms with Crippen LogP contribution < -0.4 is 4.57 Å². The summed E-state index contributed by atoms with van der Waals surface area (Å²) in [6.45, 7) is 9.08. The molecule has 2 aromatic carbocycles. The van der Waals surface area contributed by atoms with Crippen molar-refractivity contribution in [2.45, 2.75) is 34.1 Å². The molecule has 3 nitrogen and oxygen atoms in total. The number of hydrogen-bond donors (Lipinski definition) is 0. The maximum atomic E-state index is 4.50. The summed E-state index contributed by atoms with van der Waals surface area (Å²) in [5.41, 5.74) is 9.23. The van der Waals surface area contributed by atoms with Crippen molar-refractivity contribution in [2.24, 2.45) is 13.0 Å². The van der Waals surface area contributed by atoms with Crippen molar-refractivity contribution < 1.29 is 4.57 Å². The van der Waals surface area contributed by atoms with Gasteiger partial charge in [0.1, 0.15) is 7.05 Å². The van der Waals surface area contributed by atoms with Crippen LogP contribution in [0.1, 0.15) is 30.5 Å². The first-order chi connectivity index (χ1) is 14.5. The first-order valence-corrected chi connectivity index (χ1v) is 10.8. The lowest BCUT2D eigenvalue weighted by Crippen LogP contribution is -2.29. The monoisotopic (exact) mass is 392 g/mol. The van der Waals surface area contributed by atoms with Gasteiger partial charge in [0.05, 0.1) is 33.5 Å². The number of fused-ring (bicyclic) bond motifs is 5. The Balaban J connectivity index is 2.02. The zero-order valence-electron chi connectivity index (χ0n) is 18.2. The molecule has 0 aliphatic heterocycles. The summed E-state index contributed by atoms with van der Waals surface area (Å²) >= 11 is 0. The van der Waals surface area contributed by atoms with Gasteiger partial charge in [0.15, 0.2) is 6.20 Å². The summed E-state index contributed by atoms with van der Waals surface area (Å²) in [5.74, 6) is 0.623. The van der Waals surface area contributed by atoms with E-state index in [1.807, 2.05) is 12.4 Å². The predicted octanol–water partition coefficient (Wildman–Crippen LogP) is 6.02. The molecule has 0 bridgehead atoms. The second-order valence-electron chi connectivity index (χ2n) is 9.27. The lowest BCUT2D eigenvalue weighted by Gasteiger charge is -2.15. The molecule has 0 aliphatic rings. The number of hydrogen-bond acceptors (Lipinski definition) is 1. The molecular weight excluding hydrogens is 366 g/mol. The summed E-state index contributed by atoms with van der Waals surface area (Å²) in [7, 11) is 2.17. The fraction of sp³-hybridized carbons (Fsp3) is 0.259. The Morgan fingerprint density at radius 1 is 1.00 bits per heavy atom. The SMILES string of the molecule is Cc1cc2c3ccncc3n3c4cc(CC(C)C)cc5cc[n+](C)c(c(c1C)c23)c54. The van der Waals surface area contributed by atoms with E-state index in [2.05, 4.69) is 85.2 Å². The molecule has 0 spiro atoms. The van der Waals surface area contributed by atoms with E-state index in [9.17, 15) is 0 Å². The van der Waals surface area contributed by atoms with E-state index in [4.69, 9.17) is 0 Å². The van der Waals surface area contributed by atoms with Crippen LogP contribution in [0.2, 0.25) is 0 Å². The minimum Gasteiger partial charge on any atom is -0.306 e. The van der Waals surface area contributed by atoms with Crippen LogP contribution in [0.15, 0.2) is 48.9 Å². The molecule has 3 heteroatoms. The van der Waals surface area contributed by atoms with Crippen molar-refractivity contribution in [1.29, 1.82) is 0 Å². The van der Waals surface area contributed by atoms with E-state index < -0.39 is 0 Å². The fourth-order valence-electron chi connectivity index (χ4n) is 5.40. The van der Waals surface area contributed by atoms with Crippen LogP contribution in [-0.4, -0.2) is 9.38 Å². The van der Waals surface area contributed by atoms with Gasteiger partial charge in [-0.15, -0.1) is 0 Å². The van der Waals surface area contributed by atoms with Crippen molar-refractivity contribution in [3.8, 4) is 0 Å². The molecule has 30 heavy (non-hydrogen) atoms. The first kappa shape index (κ1) is 17.6. The molecule has 0 atom stereocenters. The van der Waals surface area contributed by atoms with Crippen LogP contribution in [0.3, 0.4) is 0 Å². The van der Waals surface area contributed by atoms with Crippen molar-refractivity contribution >= 4 is 49.0 Å². The highest BCUT2D eigenvalue weighted by Crippen LogP contribution is 2.41. The van der Waals surface area contributed by atoms with Gasteiger partial charge in [-0.25, -0.2) is 4.57 Å². The Bertz CT molecular complexity index is 1620. The minimum absolute atomic E-state index is 0.623. The topological polar surface area (TPSA) is 21.2 Å². The lowest BCUT2D eigenvalue weighted by atomic mass is 9.94. The van der Waals surface area contributed by atoms with Crippen molar-refractivity contribution in [1.82, 2.24) is 9.38 Å². The lowest BCUT2D eigenvalue weighted by molar-refractivity contribution is -0.643. The van der Waals surface area contributed by atoms with Gasteiger partial charge >= 0.3 is 0 Å². The molecule has 0 saturated carbocycles. The van der Waals surface area contributed by atoms with Gasteiger partial charge in [-0.2, -0.15) is 0 Å². The predicted molar refractivity (Wildman–Crippen MR) is 126 cm³/mol. The first-order valence-electron chi connectivity index (χ1n) is 10.8. The summed E-state index contributed by atoms with van der Waals surface area (Å²) < 4.78 is 4.77. The normalized spacial score (nSPS) is 12.6. The number of pyridine rings is 3. The molecular formula is C27H26N3+. The zero-order valence-corrected chi connectivity index (χ0v) is 18.2. The highest BCUT2D eigenvalue weighted by atomic mass is 15.0. The van der Waals surface area contributed by atoms with Crippen molar-refractivity contribution in [3.63, 3.8) is 0 Å². The summed E-state index contributed by atoms with van der Waals surface area (Å²) in [6.07, 6.45) is 7.24. The molecule has 0 N–H and O–H groups in total. The van der Waals surface area contributed by atoms with Crippen molar-refractivity contribution in [3.05, 3.63) is 65.6 Å². The Morgan fingerprint density at radius 3 is 2.63 bits per heavy atom. The highest BCUT2D eigenvalue weighted by molar-refractivity contribution is 6.26. The Labute approximate surface area is 175 Å². The molecule has 6 rings (SSSR count). The van der Waals surface area contributed by atoms with E-state index in [0.717, 1.165) is 6.42 Å². The average molecular weight is 393 g/mol. The van der Waals surface area contributed by atoms with E-state index >= 15 is 0 Å². The molecule has 0 fully saturated rings. The molecule has 148 valence electrons. The molecule has 4 heterocycles. The molecule has 6 aromatic rings. The third-order valence-electron chi connectivity index (χ3n) is 6.77. The van der Waals surface area contributed by atoms with E-state index in [0.29, 0.717) is 5.92 Å². The van der Waals surface area contributed by atoms with Crippen LogP contribution in [0.4, 0.5) is 0 Å². The molecule has 0 aliphatic carbocycles. The van der Waals surface area contributed by atoms with Gasteiger partial charge in [0.2, 0.25) is 5.52 Å². The summed E-state index contributed by atoms with van der Waals surface area (Å²) in [4.78, 5) is 4.50. The smallest absolute Gasteiger partial charge is 0.224 e. The number of benzene rings is 2. The van der Waals surface area contributed by atoms with Gasteiger partial charge in [0, 0.05) is 23.0 Å². The van der Waals surface area contributed by atoms with Crippen LogP contribution >= 0.6 is 0 Å². The molecule has 0 saturated heterocycles. The summed E-state index contributed by atoms with van der Waals surface area (Å²) in [5, 5.41) is 6.63. The van der Waals surface area contributed by atoms with Crippen molar-refractivity contribution in [2.75, 3.05) is 0 Å². The molecule has 4 aromatic heterocycles. The number of aryl methyl sites for hydroxylation is 3. The molecule has 0 radical (unpaired) electrons. The van der Waals surface area contributed by atoms with Gasteiger partial charge < -0.3 is 4.40 Å². The molecule has 0 amide bonds. The highest BCUT2D eigenvalue weighted by Gasteiger charge is 2.25. The minimum atomic E-state index is 0.623. The van der Waals surface area contributed by atoms with Crippen LogP contribution in [0, 0.1) is 19.8 Å². The maximum Gasteiger partial charge on any atom is 0.224 e. The average Bonchev–Trinajstić information content (AvgIpc) is 3.04. The quantitative estimate of drug-likeness (QED) is 0.200. The second-order valence-corrected chi connectivity index (χ2v) is 9.27. The standard InChI is InChI=1S/C27H26N3/c1-15(2)10-18-12-19-7-9-29(5)27-24-17(4)16(3)11-21-20-6-8-28-14-23(20)30(26(21)24)22(13-18)25(19)27/h6-9,11-15H,10H2,1-5H3/q+1. The third kappa shape index (κ3) is 2.15. The van der Waals surface area contributed by atoms with Crippen LogP contribution in [0.5, 0.6) is 0 Å². The third-order valence-corrected chi connectivity index (χ3v) is 6.77. The second kappa shape index (κ2) is 5.91. The fourth-order valence-corrected chi connectivity index (χ4v) is 5.40. The maximum absolute atomic E-state index is 4.50. The Hall–Kier alpha value is -3.20. The Kier molecular flexibility index (Phi) is 3.48. The summed E-state index contributed by atoms with van der Waals surface area (Å²) in [6, 6.07) is 11.6. The molecule has 0 unspecified atom stereocenters. The van der Waals surface area contributed by atoms with Gasteiger partial charge in [-0.3, -0.25) is 4.98 Å². The van der Waals surface area contributed by atoms with Gasteiger partial charge in [0.25, 0.3) is 0 Å². The van der Waals surface area contributed by atoms with Crippen LogP contribution in [-0.2, 0) is 13.5 Å². The number of nitrogens with zero attached hydrogens (tertiary/aromatic N) is 3. The van der Waals surface area contributed by atoms with E-state index in [1.54, 1.807) is 0 Å². The van der Waals surface area contributed by atoms with E-state index in [-0.39, 0.29) is 0 Å². The Morgan fingerprint density at radius 2 is 1.83 bits per heavy atom. The van der Waals surface area contributed by atoms with E-state index in [1.165, 1.54) is 65.7 Å². The van der Waals surface area contributed by atoms with Gasteiger partial charge in [-0.05, 0) is 66.5 Å². The van der Waals surface area contributed by atoms with Gasteiger partial charge in [-0.1, -0.05) is 19.9 Å². The number of rotatable bonds is 2. The van der Waals surface area contributed by atoms with Crippen LogP contribution in [0.25, 0.3) is 49.0 Å². The zero-order chi connectivity index (χ0) is 20.7. The largest absolute Gasteiger partial charge is 0.306 e.